The Hall–Kier alpha value is -1.66. The molecular formula is C14H17NO4S. The number of nitrogens with zero attached hydrogens (tertiary/aromatic N) is 1. The zero-order valence-electron chi connectivity index (χ0n) is 11.2. The van der Waals surface area contributed by atoms with Gasteiger partial charge in [0.05, 0.1) is 19.3 Å². The van der Waals surface area contributed by atoms with Gasteiger partial charge in [0.2, 0.25) is 5.91 Å². The summed E-state index contributed by atoms with van der Waals surface area (Å²) in [5.74, 6) is -1.74. The Morgan fingerprint density at radius 2 is 2.35 bits per heavy atom. The fourth-order valence-corrected chi connectivity index (χ4v) is 2.89. The maximum atomic E-state index is 12.2. The zero-order valence-corrected chi connectivity index (χ0v) is 12.0. The number of likely N-dealkylation sites (N-methyl/N-ethyl adjacent to an activating group) is 1. The first-order valence-corrected chi connectivity index (χ1v) is 7.34. The van der Waals surface area contributed by atoms with E-state index < -0.39 is 17.9 Å². The predicted molar refractivity (Wildman–Crippen MR) is 76.5 cm³/mol. The quantitative estimate of drug-likeness (QED) is 0.840. The van der Waals surface area contributed by atoms with Crippen LogP contribution >= 0.6 is 11.3 Å². The summed E-state index contributed by atoms with van der Waals surface area (Å²) in [5.41, 5.74) is 0. The van der Waals surface area contributed by atoms with Gasteiger partial charge in [-0.1, -0.05) is 6.07 Å². The van der Waals surface area contributed by atoms with E-state index in [2.05, 4.69) is 0 Å². The van der Waals surface area contributed by atoms with Crippen molar-refractivity contribution in [3.63, 3.8) is 0 Å². The number of thiophene rings is 1. The van der Waals surface area contributed by atoms with E-state index >= 15 is 0 Å². The van der Waals surface area contributed by atoms with Crippen molar-refractivity contribution in [2.24, 2.45) is 5.92 Å². The Balaban J connectivity index is 2.07. The SMILES string of the molecule is CCN(C(=O)C=Cc1cccs1)C1COCC1C(=O)O. The normalized spacial score (nSPS) is 22.2. The summed E-state index contributed by atoms with van der Waals surface area (Å²) >= 11 is 1.55. The molecule has 1 N–H and O–H groups in total. The number of ether oxygens (including phenoxy) is 1. The number of carboxylic acid groups (broad SMARTS) is 1. The maximum Gasteiger partial charge on any atom is 0.311 e. The number of rotatable bonds is 5. The second-order valence-corrected chi connectivity index (χ2v) is 5.50. The first-order chi connectivity index (χ1) is 9.63. The van der Waals surface area contributed by atoms with Crippen molar-refractivity contribution in [3.05, 3.63) is 28.5 Å². The van der Waals surface area contributed by atoms with E-state index in [1.807, 2.05) is 24.4 Å². The topological polar surface area (TPSA) is 66.8 Å². The minimum Gasteiger partial charge on any atom is -0.481 e. The van der Waals surface area contributed by atoms with Crippen LogP contribution in [0.2, 0.25) is 0 Å². The minimum atomic E-state index is -0.916. The van der Waals surface area contributed by atoms with Crippen LogP contribution < -0.4 is 0 Å². The van der Waals surface area contributed by atoms with Crippen molar-refractivity contribution in [1.82, 2.24) is 4.90 Å². The van der Waals surface area contributed by atoms with Gasteiger partial charge in [-0.3, -0.25) is 9.59 Å². The monoisotopic (exact) mass is 295 g/mol. The van der Waals surface area contributed by atoms with Crippen LogP contribution in [0.3, 0.4) is 0 Å². The predicted octanol–water partition coefficient (Wildman–Crippen LogP) is 1.71. The number of amides is 1. The molecule has 108 valence electrons. The van der Waals surface area contributed by atoms with E-state index in [1.165, 1.54) is 6.08 Å². The Bertz CT molecular complexity index is 497. The van der Waals surface area contributed by atoms with Crippen molar-refractivity contribution < 1.29 is 19.4 Å². The largest absolute Gasteiger partial charge is 0.481 e. The molecule has 2 heterocycles. The first-order valence-electron chi connectivity index (χ1n) is 6.46. The van der Waals surface area contributed by atoms with Gasteiger partial charge < -0.3 is 14.7 Å². The lowest BCUT2D eigenvalue weighted by molar-refractivity contribution is -0.144. The standard InChI is InChI=1S/C14H17NO4S/c1-2-15(12-9-19-8-11(12)14(17)18)13(16)6-5-10-4-3-7-20-10/h3-7,11-12H,2,8-9H2,1H3,(H,17,18). The smallest absolute Gasteiger partial charge is 0.311 e. The molecule has 1 amide bonds. The van der Waals surface area contributed by atoms with E-state index in [-0.39, 0.29) is 19.1 Å². The number of carboxylic acids is 1. The molecule has 6 heteroatoms. The van der Waals surface area contributed by atoms with Gasteiger partial charge in [-0.15, -0.1) is 11.3 Å². The van der Waals surface area contributed by atoms with Crippen LogP contribution in [-0.2, 0) is 14.3 Å². The van der Waals surface area contributed by atoms with Crippen LogP contribution in [0.15, 0.2) is 23.6 Å². The highest BCUT2D eigenvalue weighted by atomic mass is 32.1. The fourth-order valence-electron chi connectivity index (χ4n) is 2.28. The average molecular weight is 295 g/mol. The van der Waals surface area contributed by atoms with Crippen LogP contribution in [0.5, 0.6) is 0 Å². The number of carbonyl (C=O) groups excluding carboxylic acids is 1. The van der Waals surface area contributed by atoms with Gasteiger partial charge in [0.1, 0.15) is 5.92 Å². The van der Waals surface area contributed by atoms with Gasteiger partial charge in [0.25, 0.3) is 0 Å². The molecule has 0 radical (unpaired) electrons. The Morgan fingerprint density at radius 3 is 2.95 bits per heavy atom. The third-order valence-corrected chi connectivity index (χ3v) is 4.16. The molecule has 2 rings (SSSR count). The van der Waals surface area contributed by atoms with E-state index in [0.29, 0.717) is 6.54 Å². The molecule has 20 heavy (non-hydrogen) atoms. The molecule has 1 fully saturated rings. The van der Waals surface area contributed by atoms with Crippen molar-refractivity contribution in [3.8, 4) is 0 Å². The molecule has 1 aliphatic heterocycles. The van der Waals surface area contributed by atoms with Crippen LogP contribution in [0.1, 0.15) is 11.8 Å². The molecular weight excluding hydrogens is 278 g/mol. The number of carbonyl (C=O) groups is 2. The van der Waals surface area contributed by atoms with Gasteiger partial charge in [-0.05, 0) is 24.4 Å². The second-order valence-electron chi connectivity index (χ2n) is 4.52. The van der Waals surface area contributed by atoms with Gasteiger partial charge in [0.15, 0.2) is 0 Å². The summed E-state index contributed by atoms with van der Waals surface area (Å²) in [6, 6.07) is 3.44. The van der Waals surface area contributed by atoms with Crippen molar-refractivity contribution >= 4 is 29.3 Å². The third-order valence-electron chi connectivity index (χ3n) is 3.33. The highest BCUT2D eigenvalue weighted by Gasteiger charge is 2.38. The molecule has 0 spiro atoms. The summed E-state index contributed by atoms with van der Waals surface area (Å²) in [7, 11) is 0. The molecule has 1 aliphatic rings. The summed E-state index contributed by atoms with van der Waals surface area (Å²) in [6.07, 6.45) is 3.24. The van der Waals surface area contributed by atoms with E-state index in [1.54, 1.807) is 22.3 Å². The molecule has 0 saturated carbocycles. The lowest BCUT2D eigenvalue weighted by atomic mass is 10.0. The zero-order chi connectivity index (χ0) is 14.5. The van der Waals surface area contributed by atoms with Gasteiger partial charge in [-0.25, -0.2) is 0 Å². The molecule has 0 bridgehead atoms. The molecule has 2 unspecified atom stereocenters. The first kappa shape index (κ1) is 14.7. The molecule has 0 aliphatic carbocycles. The van der Waals surface area contributed by atoms with E-state index in [9.17, 15) is 9.59 Å². The highest BCUT2D eigenvalue weighted by Crippen LogP contribution is 2.21. The number of aliphatic carboxylic acids is 1. The van der Waals surface area contributed by atoms with Crippen LogP contribution in [0, 0.1) is 5.92 Å². The summed E-state index contributed by atoms with van der Waals surface area (Å²) in [5, 5.41) is 11.1. The van der Waals surface area contributed by atoms with Crippen LogP contribution in [0.4, 0.5) is 0 Å². The van der Waals surface area contributed by atoms with Crippen molar-refractivity contribution in [2.45, 2.75) is 13.0 Å². The molecule has 1 saturated heterocycles. The second kappa shape index (κ2) is 6.67. The molecule has 0 aromatic carbocycles. The lowest BCUT2D eigenvalue weighted by Crippen LogP contribution is -2.45. The summed E-state index contributed by atoms with van der Waals surface area (Å²) in [6.45, 7) is 2.75. The Kier molecular flexibility index (Phi) is 4.92. The molecule has 1 aromatic rings. The average Bonchev–Trinajstić information content (AvgIpc) is 3.08. The van der Waals surface area contributed by atoms with Gasteiger partial charge >= 0.3 is 5.97 Å². The van der Waals surface area contributed by atoms with Gasteiger partial charge in [-0.2, -0.15) is 0 Å². The lowest BCUT2D eigenvalue weighted by Gasteiger charge is -2.28. The molecule has 2 atom stereocenters. The Labute approximate surface area is 121 Å². The third kappa shape index (κ3) is 3.26. The highest BCUT2D eigenvalue weighted by molar-refractivity contribution is 7.10. The summed E-state index contributed by atoms with van der Waals surface area (Å²) in [4.78, 5) is 25.9. The maximum absolute atomic E-state index is 12.2. The summed E-state index contributed by atoms with van der Waals surface area (Å²) < 4.78 is 5.22. The van der Waals surface area contributed by atoms with Crippen LogP contribution in [0.25, 0.3) is 6.08 Å². The Morgan fingerprint density at radius 1 is 1.55 bits per heavy atom. The number of hydrogen-bond donors (Lipinski definition) is 1. The van der Waals surface area contributed by atoms with E-state index in [0.717, 1.165) is 4.88 Å². The molecule has 1 aromatic heterocycles. The van der Waals surface area contributed by atoms with Crippen LogP contribution in [-0.4, -0.2) is 47.7 Å². The molecule has 5 nitrogen and oxygen atoms in total. The minimum absolute atomic E-state index is 0.165. The number of hydrogen-bond acceptors (Lipinski definition) is 4. The fraction of sp³-hybridized carbons (Fsp3) is 0.429. The van der Waals surface area contributed by atoms with Crippen molar-refractivity contribution in [2.75, 3.05) is 19.8 Å². The van der Waals surface area contributed by atoms with Crippen molar-refractivity contribution in [1.29, 1.82) is 0 Å². The van der Waals surface area contributed by atoms with E-state index in [4.69, 9.17) is 9.84 Å². The van der Waals surface area contributed by atoms with Gasteiger partial charge in [0, 0.05) is 17.5 Å².